The Morgan fingerprint density at radius 1 is 1.17 bits per heavy atom. The number of hydrogen-bond acceptors (Lipinski definition) is 5. The molecule has 1 atom stereocenters. The molecule has 0 saturated heterocycles. The summed E-state index contributed by atoms with van der Waals surface area (Å²) < 4.78 is 0. The summed E-state index contributed by atoms with van der Waals surface area (Å²) in [5.41, 5.74) is 5.00. The molecular weight excluding hydrogens is 298 g/mol. The van der Waals surface area contributed by atoms with Crippen LogP contribution in [0.1, 0.15) is 51.9 Å². The van der Waals surface area contributed by atoms with Gasteiger partial charge in [-0.2, -0.15) is 0 Å². The van der Waals surface area contributed by atoms with E-state index >= 15 is 0 Å². The van der Waals surface area contributed by atoms with Crippen LogP contribution in [0.25, 0.3) is 0 Å². The van der Waals surface area contributed by atoms with Crippen molar-refractivity contribution in [1.82, 2.24) is 9.80 Å². The first-order chi connectivity index (χ1) is 10.9. The van der Waals surface area contributed by atoms with Gasteiger partial charge < -0.3 is 25.7 Å². The van der Waals surface area contributed by atoms with Gasteiger partial charge in [-0.1, -0.05) is 32.6 Å². The summed E-state index contributed by atoms with van der Waals surface area (Å²) in [5.74, 6) is -2.20. The smallest absolute Gasteiger partial charge is 0.320 e. The second-order valence-electron chi connectivity index (χ2n) is 5.80. The second-order valence-corrected chi connectivity index (χ2v) is 5.80. The SMILES string of the molecule is CCCCCCCN1C=CN(C)C1.NC(CCC(=O)O)C(=O)O. The van der Waals surface area contributed by atoms with E-state index in [-0.39, 0.29) is 12.8 Å². The molecule has 7 nitrogen and oxygen atoms in total. The zero-order valence-electron chi connectivity index (χ0n) is 14.3. The summed E-state index contributed by atoms with van der Waals surface area (Å²) in [6.07, 6.45) is 11.0. The van der Waals surface area contributed by atoms with Gasteiger partial charge in [0.1, 0.15) is 6.04 Å². The highest BCUT2D eigenvalue weighted by Gasteiger charge is 2.12. The third-order valence-electron chi connectivity index (χ3n) is 3.47. The molecule has 4 N–H and O–H groups in total. The van der Waals surface area contributed by atoms with Crippen LogP contribution in [0.4, 0.5) is 0 Å². The van der Waals surface area contributed by atoms with Crippen LogP contribution in [0.3, 0.4) is 0 Å². The molecule has 1 unspecified atom stereocenters. The monoisotopic (exact) mass is 329 g/mol. The molecular formula is C16H31N3O4. The third-order valence-corrected chi connectivity index (χ3v) is 3.47. The van der Waals surface area contributed by atoms with E-state index in [2.05, 4.69) is 36.2 Å². The van der Waals surface area contributed by atoms with Gasteiger partial charge in [0.25, 0.3) is 0 Å². The number of hydrogen-bond donors (Lipinski definition) is 3. The number of carboxylic acids is 2. The molecule has 0 saturated carbocycles. The van der Waals surface area contributed by atoms with E-state index in [1.165, 1.54) is 38.6 Å². The van der Waals surface area contributed by atoms with Gasteiger partial charge in [-0.05, 0) is 12.8 Å². The standard InChI is InChI=1S/C11H22N2.C5H9NO4/c1-3-4-5-6-7-8-13-10-9-12(2)11-13;6-3(5(9)10)1-2-4(7)8/h9-10H,3-8,11H2,1-2H3;3H,1-2,6H2,(H,7,8)(H,9,10). The Labute approximate surface area is 138 Å². The minimum atomic E-state index is -1.17. The quantitative estimate of drug-likeness (QED) is 0.525. The Morgan fingerprint density at radius 2 is 1.83 bits per heavy atom. The van der Waals surface area contributed by atoms with Crippen LogP contribution in [-0.4, -0.2) is 58.3 Å². The van der Waals surface area contributed by atoms with Crippen molar-refractivity contribution in [3.8, 4) is 0 Å². The lowest BCUT2D eigenvalue weighted by Crippen LogP contribution is -2.30. The van der Waals surface area contributed by atoms with Gasteiger partial charge in [-0.3, -0.25) is 9.59 Å². The number of unbranched alkanes of at least 4 members (excludes halogenated alkanes) is 4. The van der Waals surface area contributed by atoms with E-state index in [1.54, 1.807) is 0 Å². The maximum Gasteiger partial charge on any atom is 0.320 e. The lowest BCUT2D eigenvalue weighted by atomic mass is 10.1. The Bertz CT molecular complexity index is 374. The molecule has 0 bridgehead atoms. The molecule has 0 aliphatic carbocycles. The first kappa shape index (κ1) is 21.2. The molecule has 0 aromatic rings. The average Bonchev–Trinajstić information content (AvgIpc) is 2.90. The summed E-state index contributed by atoms with van der Waals surface area (Å²) in [7, 11) is 2.12. The zero-order valence-corrected chi connectivity index (χ0v) is 14.3. The topological polar surface area (TPSA) is 107 Å². The molecule has 134 valence electrons. The van der Waals surface area contributed by atoms with Crippen molar-refractivity contribution >= 4 is 11.9 Å². The van der Waals surface area contributed by atoms with Crippen LogP contribution in [0.2, 0.25) is 0 Å². The van der Waals surface area contributed by atoms with Crippen molar-refractivity contribution in [3.63, 3.8) is 0 Å². The van der Waals surface area contributed by atoms with Gasteiger partial charge in [-0.15, -0.1) is 0 Å². The van der Waals surface area contributed by atoms with Crippen molar-refractivity contribution in [1.29, 1.82) is 0 Å². The van der Waals surface area contributed by atoms with Gasteiger partial charge in [-0.25, -0.2) is 0 Å². The minimum absolute atomic E-state index is 0.0231. The fourth-order valence-electron chi connectivity index (χ4n) is 2.06. The Kier molecular flexibility index (Phi) is 11.8. The number of carboxylic acid groups (broad SMARTS) is 2. The molecule has 1 heterocycles. The van der Waals surface area contributed by atoms with Gasteiger partial charge in [0.15, 0.2) is 0 Å². The molecule has 0 amide bonds. The van der Waals surface area contributed by atoms with Crippen molar-refractivity contribution in [3.05, 3.63) is 12.4 Å². The molecule has 0 aromatic heterocycles. The molecule has 1 rings (SSSR count). The van der Waals surface area contributed by atoms with Crippen molar-refractivity contribution in [2.75, 3.05) is 20.3 Å². The molecule has 0 radical (unpaired) electrons. The summed E-state index contributed by atoms with van der Waals surface area (Å²) in [4.78, 5) is 24.5. The maximum atomic E-state index is 9.99. The predicted molar refractivity (Wildman–Crippen MR) is 89.7 cm³/mol. The molecule has 1 aliphatic rings. The minimum Gasteiger partial charge on any atom is -0.481 e. The lowest BCUT2D eigenvalue weighted by molar-refractivity contribution is -0.139. The van der Waals surface area contributed by atoms with E-state index in [1.807, 2.05) is 0 Å². The van der Waals surface area contributed by atoms with Gasteiger partial charge in [0.05, 0.1) is 6.67 Å². The number of nitrogens with two attached hydrogens (primary N) is 1. The second kappa shape index (κ2) is 12.8. The largest absolute Gasteiger partial charge is 0.481 e. The van der Waals surface area contributed by atoms with Crippen LogP contribution in [0, 0.1) is 0 Å². The summed E-state index contributed by atoms with van der Waals surface area (Å²) in [6, 6.07) is -1.06. The molecule has 1 aliphatic heterocycles. The maximum absolute atomic E-state index is 9.99. The van der Waals surface area contributed by atoms with Crippen LogP contribution in [0.5, 0.6) is 0 Å². The Morgan fingerprint density at radius 3 is 2.30 bits per heavy atom. The average molecular weight is 329 g/mol. The fraction of sp³-hybridized carbons (Fsp3) is 0.750. The summed E-state index contributed by atoms with van der Waals surface area (Å²) in [6.45, 7) is 4.57. The van der Waals surface area contributed by atoms with Gasteiger partial charge >= 0.3 is 11.9 Å². The van der Waals surface area contributed by atoms with E-state index < -0.39 is 18.0 Å². The predicted octanol–water partition coefficient (Wildman–Crippen LogP) is 1.90. The number of aliphatic carboxylic acids is 2. The van der Waals surface area contributed by atoms with Gasteiger partial charge in [0, 0.05) is 32.4 Å². The van der Waals surface area contributed by atoms with Crippen molar-refractivity contribution in [2.45, 2.75) is 57.9 Å². The number of rotatable bonds is 10. The third kappa shape index (κ3) is 12.5. The molecule has 7 heteroatoms. The Hall–Kier alpha value is -1.76. The zero-order chi connectivity index (χ0) is 17.7. The first-order valence-electron chi connectivity index (χ1n) is 8.19. The summed E-state index contributed by atoms with van der Waals surface area (Å²) in [5, 5.41) is 16.3. The highest BCUT2D eigenvalue weighted by atomic mass is 16.4. The molecule has 23 heavy (non-hydrogen) atoms. The summed E-state index contributed by atoms with van der Waals surface area (Å²) >= 11 is 0. The highest BCUT2D eigenvalue weighted by Crippen LogP contribution is 2.07. The Balaban J connectivity index is 0.000000438. The van der Waals surface area contributed by atoms with E-state index in [0.29, 0.717) is 0 Å². The number of carbonyl (C=O) groups is 2. The van der Waals surface area contributed by atoms with Crippen LogP contribution in [-0.2, 0) is 9.59 Å². The van der Waals surface area contributed by atoms with Crippen molar-refractivity contribution < 1.29 is 19.8 Å². The van der Waals surface area contributed by atoms with E-state index in [9.17, 15) is 9.59 Å². The van der Waals surface area contributed by atoms with Crippen LogP contribution < -0.4 is 5.73 Å². The first-order valence-corrected chi connectivity index (χ1v) is 8.19. The molecule has 0 aromatic carbocycles. The van der Waals surface area contributed by atoms with Crippen LogP contribution >= 0.6 is 0 Å². The normalized spacial score (nSPS) is 14.4. The van der Waals surface area contributed by atoms with Crippen LogP contribution in [0.15, 0.2) is 12.4 Å². The highest BCUT2D eigenvalue weighted by molar-refractivity contribution is 5.74. The fourth-order valence-corrected chi connectivity index (χ4v) is 2.06. The lowest BCUT2D eigenvalue weighted by Gasteiger charge is -2.17. The molecule has 0 fully saturated rings. The van der Waals surface area contributed by atoms with E-state index in [0.717, 1.165) is 6.67 Å². The van der Waals surface area contributed by atoms with E-state index in [4.69, 9.17) is 15.9 Å². The van der Waals surface area contributed by atoms with Gasteiger partial charge in [0.2, 0.25) is 0 Å². The molecule has 0 spiro atoms. The number of nitrogens with zero attached hydrogens (tertiary/aromatic N) is 2. The van der Waals surface area contributed by atoms with Crippen molar-refractivity contribution in [2.24, 2.45) is 5.73 Å².